The Bertz CT molecular complexity index is 268. The molecule has 0 bridgehead atoms. The van der Waals surface area contributed by atoms with Crippen molar-refractivity contribution in [1.82, 2.24) is 4.73 Å². The number of pyridine rings is 1. The minimum Gasteiger partial charge on any atom is -0.504 e. The smallest absolute Gasteiger partial charge is 0.228 e. The highest BCUT2D eigenvalue weighted by molar-refractivity contribution is 5.13. The number of aromatic hydroxyl groups is 1. The molecule has 0 radical (unpaired) electrons. The van der Waals surface area contributed by atoms with E-state index in [4.69, 9.17) is 16.2 Å². The van der Waals surface area contributed by atoms with Crippen LogP contribution in [0.25, 0.3) is 0 Å². The van der Waals surface area contributed by atoms with Gasteiger partial charge in [0.2, 0.25) is 5.49 Å². The SMILES string of the molecule is N/N=c1/c(O)cccn1O. The van der Waals surface area contributed by atoms with E-state index in [-0.39, 0.29) is 11.2 Å². The molecule has 0 amide bonds. The van der Waals surface area contributed by atoms with Gasteiger partial charge in [-0.2, -0.15) is 9.83 Å². The Morgan fingerprint density at radius 3 is 2.70 bits per heavy atom. The van der Waals surface area contributed by atoms with E-state index in [1.807, 2.05) is 0 Å². The number of aromatic nitrogens is 1. The van der Waals surface area contributed by atoms with Gasteiger partial charge in [-0.15, -0.1) is 0 Å². The van der Waals surface area contributed by atoms with Crippen molar-refractivity contribution in [2.75, 3.05) is 0 Å². The third kappa shape index (κ3) is 0.883. The van der Waals surface area contributed by atoms with E-state index in [0.29, 0.717) is 4.73 Å². The molecule has 0 aromatic carbocycles. The molecule has 1 aromatic heterocycles. The van der Waals surface area contributed by atoms with Crippen LogP contribution in [0.3, 0.4) is 0 Å². The molecule has 1 aromatic rings. The largest absolute Gasteiger partial charge is 0.504 e. The second-order valence-corrected chi connectivity index (χ2v) is 1.69. The van der Waals surface area contributed by atoms with Crippen molar-refractivity contribution in [3.8, 4) is 5.75 Å². The quantitative estimate of drug-likeness (QED) is 0.251. The summed E-state index contributed by atoms with van der Waals surface area (Å²) in [5.74, 6) is 4.68. The van der Waals surface area contributed by atoms with Crippen LogP contribution in [-0.4, -0.2) is 15.0 Å². The van der Waals surface area contributed by atoms with Gasteiger partial charge in [0.05, 0.1) is 0 Å². The molecule has 0 unspecified atom stereocenters. The van der Waals surface area contributed by atoms with Crippen molar-refractivity contribution >= 4 is 0 Å². The summed E-state index contributed by atoms with van der Waals surface area (Å²) in [6.07, 6.45) is 1.31. The fraction of sp³-hybridized carbons (Fsp3) is 0. The minimum absolute atomic E-state index is 0.0671. The van der Waals surface area contributed by atoms with Crippen LogP contribution >= 0.6 is 0 Å². The van der Waals surface area contributed by atoms with Gasteiger partial charge in [-0.3, -0.25) is 0 Å². The van der Waals surface area contributed by atoms with Crippen LogP contribution in [-0.2, 0) is 0 Å². The molecule has 54 valence electrons. The highest BCUT2D eigenvalue weighted by Gasteiger charge is 1.93. The topological polar surface area (TPSA) is 83.8 Å². The van der Waals surface area contributed by atoms with Crippen LogP contribution in [0.15, 0.2) is 23.4 Å². The van der Waals surface area contributed by atoms with E-state index in [1.165, 1.54) is 18.3 Å². The summed E-state index contributed by atoms with van der Waals surface area (Å²) >= 11 is 0. The third-order valence-electron chi connectivity index (χ3n) is 1.05. The van der Waals surface area contributed by atoms with E-state index < -0.39 is 0 Å². The monoisotopic (exact) mass is 141 g/mol. The maximum atomic E-state index is 8.94. The first-order chi connectivity index (χ1) is 4.75. The fourth-order valence-electron chi connectivity index (χ4n) is 0.603. The van der Waals surface area contributed by atoms with E-state index in [0.717, 1.165) is 0 Å². The van der Waals surface area contributed by atoms with Crippen LogP contribution < -0.4 is 11.3 Å². The summed E-state index contributed by atoms with van der Waals surface area (Å²) in [6.45, 7) is 0. The van der Waals surface area contributed by atoms with Crippen LogP contribution in [0.2, 0.25) is 0 Å². The van der Waals surface area contributed by atoms with Crippen molar-refractivity contribution < 1.29 is 10.3 Å². The lowest BCUT2D eigenvalue weighted by Gasteiger charge is -1.96. The first-order valence-electron chi connectivity index (χ1n) is 2.59. The Hall–Kier alpha value is -1.65. The normalized spacial score (nSPS) is 11.8. The van der Waals surface area contributed by atoms with E-state index >= 15 is 0 Å². The summed E-state index contributed by atoms with van der Waals surface area (Å²) in [4.78, 5) is 0. The summed E-state index contributed by atoms with van der Waals surface area (Å²) in [5.41, 5.74) is -0.0671. The van der Waals surface area contributed by atoms with Crippen LogP contribution in [0, 0.1) is 0 Å². The third-order valence-corrected chi connectivity index (χ3v) is 1.05. The molecule has 1 heterocycles. The molecule has 10 heavy (non-hydrogen) atoms. The van der Waals surface area contributed by atoms with Gasteiger partial charge in [0.25, 0.3) is 0 Å². The maximum absolute atomic E-state index is 8.94. The fourth-order valence-corrected chi connectivity index (χ4v) is 0.603. The van der Waals surface area contributed by atoms with Crippen LogP contribution in [0.1, 0.15) is 0 Å². The Labute approximate surface area is 56.6 Å². The zero-order chi connectivity index (χ0) is 7.56. The second-order valence-electron chi connectivity index (χ2n) is 1.69. The predicted octanol–water partition coefficient (Wildman–Crippen LogP) is -0.795. The molecule has 0 saturated heterocycles. The lowest BCUT2D eigenvalue weighted by atomic mass is 10.4. The standard InChI is InChI=1S/C5H7N3O2/c6-7-5-4(9)2-1-3-8(5)10/h1-3,9-10H,6H2/b7-5-. The molecule has 0 aliphatic rings. The van der Waals surface area contributed by atoms with Crippen molar-refractivity contribution in [2.24, 2.45) is 10.9 Å². The molecule has 5 heteroatoms. The predicted molar refractivity (Wildman–Crippen MR) is 33.0 cm³/mol. The van der Waals surface area contributed by atoms with E-state index in [9.17, 15) is 0 Å². The zero-order valence-corrected chi connectivity index (χ0v) is 5.10. The molecule has 5 nitrogen and oxygen atoms in total. The van der Waals surface area contributed by atoms with Gasteiger partial charge in [-0.1, -0.05) is 0 Å². The van der Waals surface area contributed by atoms with Crippen molar-refractivity contribution in [1.29, 1.82) is 0 Å². The molecule has 0 saturated carbocycles. The molecule has 4 N–H and O–H groups in total. The molecule has 0 aliphatic heterocycles. The minimum atomic E-state index is -0.160. The van der Waals surface area contributed by atoms with Crippen molar-refractivity contribution in [3.05, 3.63) is 23.8 Å². The Morgan fingerprint density at radius 1 is 1.60 bits per heavy atom. The van der Waals surface area contributed by atoms with Gasteiger partial charge in [-0.25, -0.2) is 0 Å². The van der Waals surface area contributed by atoms with Gasteiger partial charge < -0.3 is 16.2 Å². The zero-order valence-electron chi connectivity index (χ0n) is 5.10. The Kier molecular flexibility index (Phi) is 1.49. The Balaban J connectivity index is 3.47. The number of hydrogen-bond donors (Lipinski definition) is 3. The van der Waals surface area contributed by atoms with Crippen LogP contribution in [0.4, 0.5) is 0 Å². The van der Waals surface area contributed by atoms with Gasteiger partial charge in [0.15, 0.2) is 5.75 Å². The maximum Gasteiger partial charge on any atom is 0.228 e. The molecule has 1 rings (SSSR count). The molecule has 0 spiro atoms. The number of nitrogens with two attached hydrogens (primary N) is 1. The summed E-state index contributed by atoms with van der Waals surface area (Å²) in [7, 11) is 0. The van der Waals surface area contributed by atoms with E-state index in [1.54, 1.807) is 0 Å². The average Bonchev–Trinajstić information content (AvgIpc) is 1.88. The lowest BCUT2D eigenvalue weighted by molar-refractivity contribution is 0.167. The summed E-state index contributed by atoms with van der Waals surface area (Å²) < 4.78 is 0.634. The number of hydrogen-bond acceptors (Lipinski definition) is 4. The highest BCUT2D eigenvalue weighted by atomic mass is 16.5. The molecular weight excluding hydrogens is 134 g/mol. The number of rotatable bonds is 0. The van der Waals surface area contributed by atoms with Crippen LogP contribution in [0.5, 0.6) is 5.75 Å². The summed E-state index contributed by atoms with van der Waals surface area (Å²) in [6, 6.07) is 2.84. The van der Waals surface area contributed by atoms with Gasteiger partial charge in [0.1, 0.15) is 0 Å². The van der Waals surface area contributed by atoms with Crippen molar-refractivity contribution in [2.45, 2.75) is 0 Å². The molecule has 0 atom stereocenters. The molecular formula is C5H7N3O2. The molecule has 0 aliphatic carbocycles. The summed E-state index contributed by atoms with van der Waals surface area (Å²) in [5, 5.41) is 20.9. The van der Waals surface area contributed by atoms with Crippen molar-refractivity contribution in [3.63, 3.8) is 0 Å². The molecule has 0 fully saturated rings. The van der Waals surface area contributed by atoms with E-state index in [2.05, 4.69) is 5.10 Å². The lowest BCUT2D eigenvalue weighted by Crippen LogP contribution is -2.19. The van der Waals surface area contributed by atoms with Gasteiger partial charge in [-0.05, 0) is 12.1 Å². The Morgan fingerprint density at radius 2 is 2.30 bits per heavy atom. The average molecular weight is 141 g/mol. The highest BCUT2D eigenvalue weighted by Crippen LogP contribution is 1.95. The second kappa shape index (κ2) is 2.30. The van der Waals surface area contributed by atoms with Gasteiger partial charge in [0, 0.05) is 6.20 Å². The first-order valence-corrected chi connectivity index (χ1v) is 2.59. The van der Waals surface area contributed by atoms with Gasteiger partial charge >= 0.3 is 0 Å². The first kappa shape index (κ1) is 6.47. The number of nitrogens with zero attached hydrogens (tertiary/aromatic N) is 2.